The lowest BCUT2D eigenvalue weighted by atomic mass is 9.99. The van der Waals surface area contributed by atoms with Crippen LogP contribution in [0.1, 0.15) is 66.2 Å². The molecule has 0 saturated carbocycles. The maximum atomic E-state index is 12.0. The van der Waals surface area contributed by atoms with Gasteiger partial charge in [-0.15, -0.1) is 0 Å². The van der Waals surface area contributed by atoms with Gasteiger partial charge in [0.2, 0.25) is 0 Å². The van der Waals surface area contributed by atoms with E-state index in [1.54, 1.807) is 0 Å². The highest BCUT2D eigenvalue weighted by Crippen LogP contribution is 2.09. The molecular weight excluding hydrogens is 318 g/mol. The Labute approximate surface area is 154 Å². The van der Waals surface area contributed by atoms with Crippen LogP contribution in [0.4, 0.5) is 4.79 Å². The SMILES string of the molecule is CCCCN(CCCC)CCCNC(=O)N[C@H](C(=O)OC)C(C)CC. The summed E-state index contributed by atoms with van der Waals surface area (Å²) < 4.78 is 4.78. The van der Waals surface area contributed by atoms with E-state index in [1.165, 1.54) is 32.8 Å². The quantitative estimate of drug-likeness (QED) is 0.370. The Morgan fingerprint density at radius 2 is 1.56 bits per heavy atom. The van der Waals surface area contributed by atoms with E-state index in [1.807, 2.05) is 13.8 Å². The van der Waals surface area contributed by atoms with Crippen LogP contribution in [-0.4, -0.2) is 56.2 Å². The summed E-state index contributed by atoms with van der Waals surface area (Å²) in [6.45, 7) is 12.2. The van der Waals surface area contributed by atoms with E-state index in [-0.39, 0.29) is 11.9 Å². The van der Waals surface area contributed by atoms with E-state index in [0.717, 1.165) is 32.5 Å². The molecule has 6 nitrogen and oxygen atoms in total. The summed E-state index contributed by atoms with van der Waals surface area (Å²) in [7, 11) is 1.35. The van der Waals surface area contributed by atoms with Gasteiger partial charge in [-0.05, 0) is 44.8 Å². The molecule has 1 unspecified atom stereocenters. The molecule has 0 aliphatic heterocycles. The number of hydrogen-bond acceptors (Lipinski definition) is 4. The van der Waals surface area contributed by atoms with E-state index in [2.05, 4.69) is 29.4 Å². The molecule has 6 heteroatoms. The minimum atomic E-state index is -0.597. The largest absolute Gasteiger partial charge is 0.467 e. The molecule has 0 radical (unpaired) electrons. The molecule has 0 aromatic rings. The second-order valence-corrected chi connectivity index (χ2v) is 6.69. The average molecular weight is 358 g/mol. The van der Waals surface area contributed by atoms with Crippen molar-refractivity contribution in [2.75, 3.05) is 33.3 Å². The minimum Gasteiger partial charge on any atom is -0.467 e. The summed E-state index contributed by atoms with van der Waals surface area (Å²) in [6.07, 6.45) is 6.54. The van der Waals surface area contributed by atoms with Crippen LogP contribution in [0, 0.1) is 5.92 Å². The van der Waals surface area contributed by atoms with Gasteiger partial charge in [-0.1, -0.05) is 47.0 Å². The summed E-state index contributed by atoms with van der Waals surface area (Å²) >= 11 is 0. The number of nitrogens with zero attached hydrogens (tertiary/aromatic N) is 1. The van der Waals surface area contributed by atoms with Crippen molar-refractivity contribution in [2.45, 2.75) is 72.3 Å². The maximum absolute atomic E-state index is 12.0. The van der Waals surface area contributed by atoms with Gasteiger partial charge >= 0.3 is 12.0 Å². The molecule has 2 amide bonds. The van der Waals surface area contributed by atoms with Gasteiger partial charge < -0.3 is 20.3 Å². The third-order valence-electron chi connectivity index (χ3n) is 4.55. The average Bonchev–Trinajstić information content (AvgIpc) is 2.63. The molecule has 0 spiro atoms. The van der Waals surface area contributed by atoms with Gasteiger partial charge in [-0.2, -0.15) is 0 Å². The number of carbonyl (C=O) groups is 2. The fraction of sp³-hybridized carbons (Fsp3) is 0.895. The number of ether oxygens (including phenoxy) is 1. The van der Waals surface area contributed by atoms with Gasteiger partial charge in [0.1, 0.15) is 6.04 Å². The summed E-state index contributed by atoms with van der Waals surface area (Å²) in [5, 5.41) is 5.59. The Hall–Kier alpha value is -1.30. The predicted octanol–water partition coefficient (Wildman–Crippen LogP) is 3.17. The lowest BCUT2D eigenvalue weighted by Gasteiger charge is -2.23. The predicted molar refractivity (Wildman–Crippen MR) is 103 cm³/mol. The number of carbonyl (C=O) groups excluding carboxylic acids is 2. The molecule has 0 fully saturated rings. The van der Waals surface area contributed by atoms with E-state index in [0.29, 0.717) is 6.54 Å². The first kappa shape index (κ1) is 23.7. The van der Waals surface area contributed by atoms with Crippen LogP contribution in [0.25, 0.3) is 0 Å². The highest BCUT2D eigenvalue weighted by molar-refractivity contribution is 5.83. The van der Waals surface area contributed by atoms with Crippen molar-refractivity contribution >= 4 is 12.0 Å². The Bertz CT molecular complexity index is 356. The molecule has 148 valence electrons. The number of rotatable bonds is 14. The molecule has 2 N–H and O–H groups in total. The standard InChI is InChI=1S/C19H39N3O3/c1-6-9-13-22(14-10-7-2)15-11-12-20-19(24)21-17(16(4)8-3)18(23)25-5/h16-17H,6-15H2,1-5H3,(H2,20,21,24)/t16?,17-/m0/s1. The zero-order chi connectivity index (χ0) is 19.1. The van der Waals surface area contributed by atoms with Crippen molar-refractivity contribution in [1.29, 1.82) is 0 Å². The van der Waals surface area contributed by atoms with Crippen molar-refractivity contribution in [1.82, 2.24) is 15.5 Å². The Morgan fingerprint density at radius 3 is 2.04 bits per heavy atom. The molecule has 0 saturated heterocycles. The van der Waals surface area contributed by atoms with Gasteiger partial charge in [-0.25, -0.2) is 9.59 Å². The first-order valence-electron chi connectivity index (χ1n) is 9.84. The van der Waals surface area contributed by atoms with E-state index >= 15 is 0 Å². The molecule has 0 rings (SSSR count). The van der Waals surface area contributed by atoms with Crippen LogP contribution in [0.15, 0.2) is 0 Å². The molecule has 0 aliphatic carbocycles. The zero-order valence-electron chi connectivity index (χ0n) is 16.9. The summed E-state index contributed by atoms with van der Waals surface area (Å²) in [6, 6.07) is -0.898. The lowest BCUT2D eigenvalue weighted by Crippen LogP contribution is -2.49. The monoisotopic (exact) mass is 357 g/mol. The van der Waals surface area contributed by atoms with Gasteiger partial charge in [0.05, 0.1) is 7.11 Å². The Morgan fingerprint density at radius 1 is 1.00 bits per heavy atom. The molecular formula is C19H39N3O3. The van der Waals surface area contributed by atoms with Crippen LogP contribution in [-0.2, 0) is 9.53 Å². The summed E-state index contributed by atoms with van der Waals surface area (Å²) in [5.74, 6) is -0.355. The second kappa shape index (κ2) is 15.0. The zero-order valence-corrected chi connectivity index (χ0v) is 16.9. The second-order valence-electron chi connectivity index (χ2n) is 6.69. The molecule has 0 bridgehead atoms. The number of esters is 1. The van der Waals surface area contributed by atoms with Crippen molar-refractivity contribution in [3.63, 3.8) is 0 Å². The van der Waals surface area contributed by atoms with Crippen LogP contribution in [0.2, 0.25) is 0 Å². The molecule has 0 aromatic heterocycles. The number of hydrogen-bond donors (Lipinski definition) is 2. The molecule has 25 heavy (non-hydrogen) atoms. The topological polar surface area (TPSA) is 70.7 Å². The van der Waals surface area contributed by atoms with Crippen molar-refractivity contribution in [2.24, 2.45) is 5.92 Å². The number of methoxy groups -OCH3 is 1. The van der Waals surface area contributed by atoms with Gasteiger partial charge in [0, 0.05) is 6.54 Å². The number of nitrogens with one attached hydrogen (secondary N) is 2. The number of amides is 2. The first-order chi connectivity index (χ1) is 12.0. The van der Waals surface area contributed by atoms with E-state index in [9.17, 15) is 9.59 Å². The first-order valence-corrected chi connectivity index (χ1v) is 9.84. The minimum absolute atomic E-state index is 0.0387. The normalized spacial score (nSPS) is 13.4. The van der Waals surface area contributed by atoms with Crippen LogP contribution in [0.5, 0.6) is 0 Å². The van der Waals surface area contributed by atoms with Crippen LogP contribution < -0.4 is 10.6 Å². The van der Waals surface area contributed by atoms with E-state index < -0.39 is 12.0 Å². The lowest BCUT2D eigenvalue weighted by molar-refractivity contribution is -0.144. The Balaban J connectivity index is 4.19. The third-order valence-corrected chi connectivity index (χ3v) is 4.55. The Kier molecular flexibility index (Phi) is 14.2. The molecule has 0 aromatic carbocycles. The summed E-state index contributed by atoms with van der Waals surface area (Å²) in [5.41, 5.74) is 0. The fourth-order valence-corrected chi connectivity index (χ4v) is 2.59. The fourth-order valence-electron chi connectivity index (χ4n) is 2.59. The highest BCUT2D eigenvalue weighted by Gasteiger charge is 2.26. The van der Waals surface area contributed by atoms with Gasteiger partial charge in [0.25, 0.3) is 0 Å². The highest BCUT2D eigenvalue weighted by atomic mass is 16.5. The number of urea groups is 1. The third kappa shape index (κ3) is 11.0. The van der Waals surface area contributed by atoms with Gasteiger partial charge in [-0.3, -0.25) is 0 Å². The van der Waals surface area contributed by atoms with E-state index in [4.69, 9.17) is 4.74 Å². The molecule has 0 heterocycles. The van der Waals surface area contributed by atoms with Gasteiger partial charge in [0.15, 0.2) is 0 Å². The van der Waals surface area contributed by atoms with Crippen LogP contribution >= 0.6 is 0 Å². The summed E-state index contributed by atoms with van der Waals surface area (Å²) in [4.78, 5) is 26.3. The maximum Gasteiger partial charge on any atom is 0.328 e. The van der Waals surface area contributed by atoms with Crippen molar-refractivity contribution in [3.05, 3.63) is 0 Å². The van der Waals surface area contributed by atoms with Crippen molar-refractivity contribution in [3.8, 4) is 0 Å². The van der Waals surface area contributed by atoms with Crippen molar-refractivity contribution < 1.29 is 14.3 Å². The number of unbranched alkanes of at least 4 members (excludes halogenated alkanes) is 2. The van der Waals surface area contributed by atoms with Crippen LogP contribution in [0.3, 0.4) is 0 Å². The smallest absolute Gasteiger partial charge is 0.328 e. The molecule has 2 atom stereocenters. The molecule has 0 aliphatic rings.